The molecule has 0 aliphatic rings. The molecule has 0 radical (unpaired) electrons. The first-order chi connectivity index (χ1) is 11.6. The quantitative estimate of drug-likeness (QED) is 0.853. The Labute approximate surface area is 151 Å². The summed E-state index contributed by atoms with van der Waals surface area (Å²) in [5, 5.41) is 2.61. The number of carbonyl (C=O) groups is 1. The molecule has 0 atom stereocenters. The number of amides is 1. The van der Waals surface area contributed by atoms with Crippen LogP contribution in [0.4, 0.5) is 10.1 Å². The Kier molecular flexibility index (Phi) is 5.82. The van der Waals surface area contributed by atoms with Gasteiger partial charge in [0.05, 0.1) is 10.6 Å². The topological polar surface area (TPSA) is 66.5 Å². The van der Waals surface area contributed by atoms with Crippen molar-refractivity contribution in [3.63, 3.8) is 0 Å². The first-order valence-electron chi connectivity index (χ1n) is 7.47. The molecule has 0 heterocycles. The molecule has 0 aliphatic heterocycles. The molecule has 2 aromatic rings. The maximum absolute atomic E-state index is 13.8. The average Bonchev–Trinajstić information content (AvgIpc) is 2.56. The van der Waals surface area contributed by atoms with Gasteiger partial charge in [0.1, 0.15) is 5.82 Å². The summed E-state index contributed by atoms with van der Waals surface area (Å²) in [6, 6.07) is 9.22. The Bertz CT molecular complexity index is 901. The smallest absolute Gasteiger partial charge is 0.255 e. The number of anilines is 1. The van der Waals surface area contributed by atoms with Gasteiger partial charge >= 0.3 is 0 Å². The number of nitrogens with zero attached hydrogens (tertiary/aromatic N) is 1. The van der Waals surface area contributed by atoms with Gasteiger partial charge < -0.3 is 5.32 Å². The number of carbonyl (C=O) groups excluding carboxylic acids is 1. The van der Waals surface area contributed by atoms with E-state index in [1.165, 1.54) is 47.8 Å². The number of hydrogen-bond acceptors (Lipinski definition) is 3. The number of sulfonamides is 1. The zero-order valence-electron chi connectivity index (χ0n) is 14.0. The van der Waals surface area contributed by atoms with Crippen molar-refractivity contribution in [2.45, 2.75) is 24.8 Å². The summed E-state index contributed by atoms with van der Waals surface area (Å²) in [4.78, 5) is 12.3. The third-order valence-corrected chi connectivity index (χ3v) is 5.94. The summed E-state index contributed by atoms with van der Waals surface area (Å²) in [6.45, 7) is 3.49. The fourth-order valence-corrected chi connectivity index (χ4v) is 3.60. The number of hydrogen-bond donors (Lipinski definition) is 1. The summed E-state index contributed by atoms with van der Waals surface area (Å²) in [5.41, 5.74) is 0.0644. The highest BCUT2D eigenvalue weighted by atomic mass is 35.5. The Morgan fingerprint density at radius 3 is 2.48 bits per heavy atom. The number of halogens is 2. The molecule has 2 rings (SSSR count). The Hall–Kier alpha value is -1.96. The van der Waals surface area contributed by atoms with Gasteiger partial charge in [0, 0.05) is 23.7 Å². The van der Waals surface area contributed by atoms with Crippen molar-refractivity contribution in [3.05, 3.63) is 58.9 Å². The van der Waals surface area contributed by atoms with E-state index in [-0.39, 0.29) is 27.2 Å². The highest BCUT2D eigenvalue weighted by Crippen LogP contribution is 2.21. The average molecular weight is 385 g/mol. The minimum atomic E-state index is -3.72. The molecule has 1 amide bonds. The molecule has 25 heavy (non-hydrogen) atoms. The number of benzene rings is 2. The minimum absolute atomic E-state index is 0.00655. The summed E-state index contributed by atoms with van der Waals surface area (Å²) in [7, 11) is -2.25. The largest absolute Gasteiger partial charge is 0.319 e. The van der Waals surface area contributed by atoms with Crippen molar-refractivity contribution >= 4 is 33.2 Å². The highest BCUT2D eigenvalue weighted by Gasteiger charge is 2.24. The van der Waals surface area contributed by atoms with Crippen LogP contribution >= 0.6 is 11.6 Å². The lowest BCUT2D eigenvalue weighted by Gasteiger charge is -2.21. The van der Waals surface area contributed by atoms with Crippen LogP contribution in [0, 0.1) is 5.82 Å². The van der Waals surface area contributed by atoms with Crippen molar-refractivity contribution < 1.29 is 17.6 Å². The third-order valence-electron chi connectivity index (χ3n) is 3.68. The van der Waals surface area contributed by atoms with Crippen molar-refractivity contribution in [2.24, 2.45) is 0 Å². The molecule has 1 N–H and O–H groups in total. The van der Waals surface area contributed by atoms with E-state index in [1.807, 2.05) is 0 Å². The SMILES string of the molecule is CC(C)N(C)S(=O)(=O)c1cccc(C(=O)Nc2ccc(Cl)cc2F)c1. The minimum Gasteiger partial charge on any atom is -0.319 e. The molecule has 134 valence electrons. The molecular formula is C17H18ClFN2O3S. The van der Waals surface area contributed by atoms with Gasteiger partial charge in [-0.15, -0.1) is 0 Å². The maximum Gasteiger partial charge on any atom is 0.255 e. The predicted molar refractivity (Wildman–Crippen MR) is 95.9 cm³/mol. The Morgan fingerprint density at radius 1 is 1.20 bits per heavy atom. The van der Waals surface area contributed by atoms with Crippen LogP contribution in [0.2, 0.25) is 5.02 Å². The van der Waals surface area contributed by atoms with Crippen molar-refractivity contribution in [2.75, 3.05) is 12.4 Å². The van der Waals surface area contributed by atoms with Crippen LogP contribution in [-0.2, 0) is 10.0 Å². The van der Waals surface area contributed by atoms with Gasteiger partial charge in [-0.3, -0.25) is 4.79 Å². The van der Waals surface area contributed by atoms with Gasteiger partial charge in [-0.25, -0.2) is 12.8 Å². The van der Waals surface area contributed by atoms with Gasteiger partial charge in [0.25, 0.3) is 5.91 Å². The molecule has 0 saturated heterocycles. The van der Waals surface area contributed by atoms with Crippen LogP contribution in [0.15, 0.2) is 47.4 Å². The molecule has 0 aromatic heterocycles. The van der Waals surface area contributed by atoms with Gasteiger partial charge in [-0.05, 0) is 50.2 Å². The maximum atomic E-state index is 13.8. The fraction of sp³-hybridized carbons (Fsp3) is 0.235. The molecule has 8 heteroatoms. The third kappa shape index (κ3) is 4.36. The molecule has 0 spiro atoms. The van der Waals surface area contributed by atoms with Crippen LogP contribution in [0.25, 0.3) is 0 Å². The van der Waals surface area contributed by atoms with Crippen LogP contribution in [-0.4, -0.2) is 31.7 Å². The van der Waals surface area contributed by atoms with E-state index >= 15 is 0 Å². The normalized spacial score (nSPS) is 11.8. The van der Waals surface area contributed by atoms with Crippen molar-refractivity contribution in [3.8, 4) is 0 Å². The first-order valence-corrected chi connectivity index (χ1v) is 9.29. The second kappa shape index (κ2) is 7.51. The van der Waals surface area contributed by atoms with Gasteiger partial charge in [-0.2, -0.15) is 4.31 Å². The molecule has 2 aromatic carbocycles. The van der Waals surface area contributed by atoms with Gasteiger partial charge in [0.2, 0.25) is 10.0 Å². The van der Waals surface area contributed by atoms with E-state index in [0.29, 0.717) is 0 Å². The van der Waals surface area contributed by atoms with E-state index < -0.39 is 21.7 Å². The zero-order valence-corrected chi connectivity index (χ0v) is 15.5. The summed E-state index contributed by atoms with van der Waals surface area (Å²) in [6.07, 6.45) is 0. The van der Waals surface area contributed by atoms with Gasteiger partial charge in [0.15, 0.2) is 0 Å². The highest BCUT2D eigenvalue weighted by molar-refractivity contribution is 7.89. The molecule has 0 bridgehead atoms. The van der Waals surface area contributed by atoms with E-state index in [2.05, 4.69) is 5.32 Å². The zero-order chi connectivity index (χ0) is 18.8. The molecule has 0 saturated carbocycles. The standard InChI is InChI=1S/C17H18ClFN2O3S/c1-11(2)21(3)25(23,24)14-6-4-5-12(9-14)17(22)20-16-8-7-13(18)10-15(16)19/h4-11H,1-3H3,(H,20,22). The summed E-state index contributed by atoms with van der Waals surface area (Å²) in [5.74, 6) is -1.30. The first kappa shape index (κ1) is 19.4. The second-order valence-corrected chi connectivity index (χ2v) is 8.16. The van der Waals surface area contributed by atoms with Crippen molar-refractivity contribution in [1.82, 2.24) is 4.31 Å². The van der Waals surface area contributed by atoms with Crippen LogP contribution in [0.1, 0.15) is 24.2 Å². The lowest BCUT2D eigenvalue weighted by molar-refractivity contribution is 0.102. The lowest BCUT2D eigenvalue weighted by atomic mass is 10.2. The molecular weight excluding hydrogens is 367 g/mol. The van der Waals surface area contributed by atoms with E-state index in [0.717, 1.165) is 6.07 Å². The Balaban J connectivity index is 2.30. The predicted octanol–water partition coefficient (Wildman–Crippen LogP) is 3.76. The summed E-state index contributed by atoms with van der Waals surface area (Å²) < 4.78 is 40.0. The lowest BCUT2D eigenvalue weighted by Crippen LogP contribution is -2.33. The fourth-order valence-electron chi connectivity index (χ4n) is 2.03. The second-order valence-electron chi connectivity index (χ2n) is 5.72. The van der Waals surface area contributed by atoms with E-state index in [1.54, 1.807) is 13.8 Å². The number of rotatable bonds is 5. The van der Waals surface area contributed by atoms with E-state index in [4.69, 9.17) is 11.6 Å². The Morgan fingerprint density at radius 2 is 1.88 bits per heavy atom. The van der Waals surface area contributed by atoms with E-state index in [9.17, 15) is 17.6 Å². The van der Waals surface area contributed by atoms with Crippen molar-refractivity contribution in [1.29, 1.82) is 0 Å². The molecule has 0 aliphatic carbocycles. The van der Waals surface area contributed by atoms with Gasteiger partial charge in [-0.1, -0.05) is 17.7 Å². The van der Waals surface area contributed by atoms with Crippen LogP contribution < -0.4 is 5.32 Å². The number of nitrogens with one attached hydrogen (secondary N) is 1. The van der Waals surface area contributed by atoms with Crippen LogP contribution in [0.3, 0.4) is 0 Å². The molecule has 0 unspecified atom stereocenters. The summed E-state index contributed by atoms with van der Waals surface area (Å²) >= 11 is 5.67. The molecule has 5 nitrogen and oxygen atoms in total. The monoisotopic (exact) mass is 384 g/mol. The van der Waals surface area contributed by atoms with Crippen LogP contribution in [0.5, 0.6) is 0 Å². The molecule has 0 fully saturated rings.